The zero-order valence-electron chi connectivity index (χ0n) is 15.2. The number of carbonyl (C=O) groups is 4. The second-order valence-electron chi connectivity index (χ2n) is 4.68. The Balaban J connectivity index is -0.00000288. The van der Waals surface area contributed by atoms with Crippen molar-refractivity contribution < 1.29 is 69.8 Å². The van der Waals surface area contributed by atoms with Gasteiger partial charge in [0.05, 0.1) is 6.54 Å². The summed E-state index contributed by atoms with van der Waals surface area (Å²) in [6, 6.07) is -1.23. The van der Waals surface area contributed by atoms with E-state index in [2.05, 4.69) is 14.5 Å². The molecule has 0 amide bonds. The van der Waals surface area contributed by atoms with Gasteiger partial charge in [0, 0.05) is 6.54 Å². The molecule has 0 aliphatic heterocycles. The van der Waals surface area contributed by atoms with Crippen molar-refractivity contribution in [3.63, 3.8) is 0 Å². The Kier molecular flexibility index (Phi) is 13.9. The quantitative estimate of drug-likeness (QED) is 0.0539. The van der Waals surface area contributed by atoms with Crippen molar-refractivity contribution >= 4 is 29.8 Å². The fourth-order valence-electron chi connectivity index (χ4n) is 1.34. The predicted molar refractivity (Wildman–Crippen MR) is 82.3 cm³/mol. The zero-order valence-corrected chi connectivity index (χ0v) is 16.2. The van der Waals surface area contributed by atoms with Gasteiger partial charge in [0.15, 0.2) is 18.2 Å². The number of aliphatic imine (C=N–C) groups is 1. The summed E-state index contributed by atoms with van der Waals surface area (Å²) in [5.74, 6) is -5.80. The zero-order chi connectivity index (χ0) is 19.6. The molecule has 0 radical (unpaired) electrons. The van der Waals surface area contributed by atoms with Crippen LogP contribution >= 0.6 is 0 Å². The Morgan fingerprint density at radius 2 is 1.50 bits per heavy atom. The van der Waals surface area contributed by atoms with Crippen molar-refractivity contribution in [1.82, 2.24) is 0 Å². The minimum atomic E-state index is -2.46. The van der Waals surface area contributed by atoms with Crippen molar-refractivity contribution in [2.24, 2.45) is 27.9 Å². The minimum absolute atomic E-state index is 0. The first-order valence-electron chi connectivity index (χ1n) is 6.97. The summed E-state index contributed by atoms with van der Waals surface area (Å²) in [6.45, 7) is -0.466. The molecular formula is C12H22N5NaO8. The SMILES string of the molecule is NCC(=O)OC(=O)C(O)C(O)C(=O)OC(=O)[C@@H](N)CCCN=C(N)N.[H-].[Na+]. The summed E-state index contributed by atoms with van der Waals surface area (Å²) < 4.78 is 8.25. The van der Waals surface area contributed by atoms with Gasteiger partial charge in [-0.1, -0.05) is 0 Å². The van der Waals surface area contributed by atoms with E-state index < -0.39 is 48.7 Å². The normalized spacial score (nSPS) is 13.4. The second-order valence-corrected chi connectivity index (χ2v) is 4.68. The van der Waals surface area contributed by atoms with E-state index in [-0.39, 0.29) is 49.9 Å². The maximum Gasteiger partial charge on any atom is 1.00 e. The monoisotopic (exact) mass is 387 g/mol. The molecule has 0 spiro atoms. The fraction of sp³-hybridized carbons (Fsp3) is 0.583. The summed E-state index contributed by atoms with van der Waals surface area (Å²) in [6.07, 6.45) is -4.54. The van der Waals surface area contributed by atoms with Crippen molar-refractivity contribution in [2.45, 2.75) is 31.1 Å². The number of guanidine groups is 1. The number of esters is 4. The van der Waals surface area contributed by atoms with Crippen molar-refractivity contribution in [2.75, 3.05) is 13.1 Å². The molecule has 0 saturated heterocycles. The van der Waals surface area contributed by atoms with E-state index in [0.717, 1.165) is 0 Å². The molecule has 0 rings (SSSR count). The predicted octanol–water partition coefficient (Wildman–Crippen LogP) is -7.70. The summed E-state index contributed by atoms with van der Waals surface area (Å²) in [4.78, 5) is 48.8. The Bertz CT molecular complexity index is 546. The van der Waals surface area contributed by atoms with Crippen LogP contribution in [0, 0.1) is 0 Å². The van der Waals surface area contributed by atoms with Crippen LogP contribution in [0.4, 0.5) is 0 Å². The van der Waals surface area contributed by atoms with Gasteiger partial charge in [-0.15, -0.1) is 0 Å². The molecule has 10 N–H and O–H groups in total. The molecule has 0 aromatic rings. The van der Waals surface area contributed by atoms with E-state index >= 15 is 0 Å². The number of hydrogen-bond donors (Lipinski definition) is 6. The minimum Gasteiger partial charge on any atom is -1.00 e. The summed E-state index contributed by atoms with van der Waals surface area (Å²) in [5.41, 5.74) is 20.6. The van der Waals surface area contributed by atoms with Crippen LogP contribution < -0.4 is 52.5 Å². The van der Waals surface area contributed by atoms with Crippen molar-refractivity contribution in [3.8, 4) is 0 Å². The van der Waals surface area contributed by atoms with Crippen LogP contribution in [-0.4, -0.2) is 71.4 Å². The topological polar surface area (TPSA) is 244 Å². The average Bonchev–Trinajstić information content (AvgIpc) is 2.56. The summed E-state index contributed by atoms with van der Waals surface area (Å²) in [7, 11) is 0. The Labute approximate surface area is 171 Å². The van der Waals surface area contributed by atoms with E-state index in [9.17, 15) is 29.4 Å². The van der Waals surface area contributed by atoms with Gasteiger partial charge in [-0.25, -0.2) is 14.4 Å². The van der Waals surface area contributed by atoms with Crippen molar-refractivity contribution in [1.29, 1.82) is 0 Å². The average molecular weight is 387 g/mol. The third-order valence-corrected chi connectivity index (χ3v) is 2.63. The number of hydrogen-bond acceptors (Lipinski definition) is 11. The Morgan fingerprint density at radius 3 is 1.96 bits per heavy atom. The number of aliphatic hydroxyl groups excluding tert-OH is 2. The molecule has 0 fully saturated rings. The van der Waals surface area contributed by atoms with Crippen LogP contribution in [0.25, 0.3) is 0 Å². The Hall–Kier alpha value is -1.61. The second kappa shape index (κ2) is 13.6. The first-order chi connectivity index (χ1) is 11.6. The molecule has 0 aromatic carbocycles. The number of aliphatic hydroxyl groups is 2. The molecule has 14 heteroatoms. The largest absolute Gasteiger partial charge is 1.00 e. The summed E-state index contributed by atoms with van der Waals surface area (Å²) in [5, 5.41) is 18.8. The van der Waals surface area contributed by atoms with Gasteiger partial charge in [0.25, 0.3) is 0 Å². The van der Waals surface area contributed by atoms with Gasteiger partial charge in [-0.3, -0.25) is 9.79 Å². The van der Waals surface area contributed by atoms with Gasteiger partial charge in [0.1, 0.15) is 6.04 Å². The van der Waals surface area contributed by atoms with Gasteiger partial charge in [-0.2, -0.15) is 0 Å². The number of rotatable bonds is 9. The first kappa shape index (κ1) is 26.6. The number of nitrogens with zero attached hydrogens (tertiary/aromatic N) is 1. The Morgan fingerprint density at radius 1 is 1.00 bits per heavy atom. The van der Waals surface area contributed by atoms with E-state index in [4.69, 9.17) is 22.9 Å². The molecule has 144 valence electrons. The van der Waals surface area contributed by atoms with E-state index in [0.29, 0.717) is 6.42 Å². The summed E-state index contributed by atoms with van der Waals surface area (Å²) >= 11 is 0. The van der Waals surface area contributed by atoms with Crippen LogP contribution in [0.15, 0.2) is 4.99 Å². The molecule has 0 aliphatic carbocycles. The van der Waals surface area contributed by atoms with Gasteiger partial charge in [-0.05, 0) is 12.8 Å². The molecule has 0 bridgehead atoms. The number of carbonyl (C=O) groups excluding carboxylic acids is 4. The molecule has 0 aromatic heterocycles. The van der Waals surface area contributed by atoms with Gasteiger partial charge >= 0.3 is 53.4 Å². The van der Waals surface area contributed by atoms with Crippen LogP contribution in [0.5, 0.6) is 0 Å². The van der Waals surface area contributed by atoms with E-state index in [1.807, 2.05) is 0 Å². The first-order valence-corrected chi connectivity index (χ1v) is 6.97. The number of ether oxygens (including phenoxy) is 2. The molecular weight excluding hydrogens is 365 g/mol. The molecule has 3 atom stereocenters. The maximum absolute atomic E-state index is 11.6. The molecule has 26 heavy (non-hydrogen) atoms. The molecule has 2 unspecified atom stereocenters. The molecule has 0 aliphatic rings. The third kappa shape index (κ3) is 10.4. The maximum atomic E-state index is 11.6. The van der Waals surface area contributed by atoms with Gasteiger partial charge < -0.3 is 44.0 Å². The standard InChI is InChI=1S/C12H21N5O8.Na.H/c13-4-6(18)24-10(22)7(19)8(20)11(23)25-9(21)5(14)2-1-3-17-12(15)16;;/h5,7-8,19-20H,1-4,13-14H2,(H4,15,16,17);;/q;+1;-1/t5-,7?,8?;;/m0../s1. The molecule has 0 heterocycles. The van der Waals surface area contributed by atoms with Crippen LogP contribution in [-0.2, 0) is 28.7 Å². The molecule has 13 nitrogen and oxygen atoms in total. The van der Waals surface area contributed by atoms with E-state index in [1.54, 1.807) is 0 Å². The molecule has 0 saturated carbocycles. The van der Waals surface area contributed by atoms with E-state index in [1.165, 1.54) is 0 Å². The van der Waals surface area contributed by atoms with Crippen LogP contribution in [0.1, 0.15) is 14.3 Å². The van der Waals surface area contributed by atoms with Crippen molar-refractivity contribution in [3.05, 3.63) is 0 Å². The third-order valence-electron chi connectivity index (χ3n) is 2.63. The van der Waals surface area contributed by atoms with Crippen LogP contribution in [0.2, 0.25) is 0 Å². The van der Waals surface area contributed by atoms with Gasteiger partial charge in [0.2, 0.25) is 0 Å². The number of nitrogens with two attached hydrogens (primary N) is 4. The fourth-order valence-corrected chi connectivity index (χ4v) is 1.34. The van der Waals surface area contributed by atoms with Crippen LogP contribution in [0.3, 0.4) is 0 Å². The smallest absolute Gasteiger partial charge is 1.00 e.